The molecule has 3 aromatic carbocycles. The van der Waals surface area contributed by atoms with Crippen molar-refractivity contribution in [3.8, 4) is 0 Å². The third-order valence-electron chi connectivity index (χ3n) is 6.37. The van der Waals surface area contributed by atoms with E-state index in [4.69, 9.17) is 34.8 Å². The van der Waals surface area contributed by atoms with Gasteiger partial charge in [0.05, 0.1) is 17.0 Å². The molecular formula is C29H32Cl3N3O4S. The van der Waals surface area contributed by atoms with E-state index in [2.05, 4.69) is 5.32 Å². The van der Waals surface area contributed by atoms with Gasteiger partial charge in [-0.05, 0) is 54.8 Å². The monoisotopic (exact) mass is 623 g/mol. The van der Waals surface area contributed by atoms with E-state index in [9.17, 15) is 18.0 Å². The highest BCUT2D eigenvalue weighted by atomic mass is 35.5. The van der Waals surface area contributed by atoms with E-state index < -0.39 is 28.5 Å². The molecular weight excluding hydrogens is 593 g/mol. The summed E-state index contributed by atoms with van der Waals surface area (Å²) in [5.41, 5.74) is 1.59. The van der Waals surface area contributed by atoms with Gasteiger partial charge >= 0.3 is 0 Å². The summed E-state index contributed by atoms with van der Waals surface area (Å²) in [6, 6.07) is 19.6. The SMILES string of the molecule is CC[C@H](C)NC(=O)[C@@H](Cc1ccccc1)N(Cc1cccc(Cl)c1)C(=O)CN(c1cc(Cl)ccc1Cl)S(C)(=O)=O. The maximum absolute atomic E-state index is 14.1. The first-order valence-corrected chi connectivity index (χ1v) is 15.7. The molecule has 0 spiro atoms. The quantitative estimate of drug-likeness (QED) is 0.269. The number of sulfonamides is 1. The number of amides is 2. The molecule has 1 N–H and O–H groups in total. The summed E-state index contributed by atoms with van der Waals surface area (Å²) < 4.78 is 26.7. The van der Waals surface area contributed by atoms with E-state index >= 15 is 0 Å². The first-order valence-electron chi connectivity index (χ1n) is 12.7. The average molecular weight is 625 g/mol. The van der Waals surface area contributed by atoms with Crippen LogP contribution in [0, 0.1) is 0 Å². The van der Waals surface area contributed by atoms with Crippen LogP contribution in [0.15, 0.2) is 72.8 Å². The number of benzene rings is 3. The third kappa shape index (κ3) is 8.86. The Morgan fingerprint density at radius 2 is 1.55 bits per heavy atom. The Kier molecular flexibility index (Phi) is 11.3. The van der Waals surface area contributed by atoms with Gasteiger partial charge in [0.1, 0.15) is 12.6 Å². The van der Waals surface area contributed by atoms with E-state index in [-0.39, 0.29) is 40.6 Å². The van der Waals surface area contributed by atoms with Crippen LogP contribution < -0.4 is 9.62 Å². The molecule has 7 nitrogen and oxygen atoms in total. The summed E-state index contributed by atoms with van der Waals surface area (Å²) in [7, 11) is -3.97. The van der Waals surface area contributed by atoms with Crippen molar-refractivity contribution in [2.24, 2.45) is 0 Å². The number of halogens is 3. The van der Waals surface area contributed by atoms with Crippen molar-refractivity contribution in [1.82, 2.24) is 10.2 Å². The van der Waals surface area contributed by atoms with Gasteiger partial charge in [-0.1, -0.05) is 84.2 Å². The van der Waals surface area contributed by atoms with E-state index in [1.807, 2.05) is 44.2 Å². The van der Waals surface area contributed by atoms with Crippen LogP contribution in [0.1, 0.15) is 31.4 Å². The lowest BCUT2D eigenvalue weighted by Crippen LogP contribution is -2.54. The highest BCUT2D eigenvalue weighted by Gasteiger charge is 2.34. The largest absolute Gasteiger partial charge is 0.352 e. The van der Waals surface area contributed by atoms with Crippen molar-refractivity contribution in [2.45, 2.75) is 45.3 Å². The van der Waals surface area contributed by atoms with Crippen LogP contribution >= 0.6 is 34.8 Å². The minimum Gasteiger partial charge on any atom is -0.352 e. The van der Waals surface area contributed by atoms with Crippen molar-refractivity contribution in [3.63, 3.8) is 0 Å². The Morgan fingerprint density at radius 1 is 0.900 bits per heavy atom. The lowest BCUT2D eigenvalue weighted by Gasteiger charge is -2.34. The van der Waals surface area contributed by atoms with Crippen molar-refractivity contribution < 1.29 is 18.0 Å². The molecule has 3 rings (SSSR count). The zero-order chi connectivity index (χ0) is 29.4. The molecule has 0 radical (unpaired) electrons. The van der Waals surface area contributed by atoms with Gasteiger partial charge in [-0.25, -0.2) is 8.42 Å². The molecule has 0 aliphatic rings. The molecule has 2 amide bonds. The highest BCUT2D eigenvalue weighted by molar-refractivity contribution is 7.92. The summed E-state index contributed by atoms with van der Waals surface area (Å²) in [5, 5.41) is 3.82. The van der Waals surface area contributed by atoms with Crippen molar-refractivity contribution in [1.29, 1.82) is 0 Å². The van der Waals surface area contributed by atoms with Crippen LogP contribution in [0.25, 0.3) is 0 Å². The summed E-state index contributed by atoms with van der Waals surface area (Å²) >= 11 is 18.7. The smallest absolute Gasteiger partial charge is 0.244 e. The van der Waals surface area contributed by atoms with Crippen LogP contribution in [-0.4, -0.2) is 50.0 Å². The molecule has 0 unspecified atom stereocenters. The maximum Gasteiger partial charge on any atom is 0.244 e. The predicted molar refractivity (Wildman–Crippen MR) is 162 cm³/mol. The fourth-order valence-electron chi connectivity index (χ4n) is 4.10. The van der Waals surface area contributed by atoms with Crippen LogP contribution in [0.3, 0.4) is 0 Å². The second-order valence-electron chi connectivity index (χ2n) is 9.54. The van der Waals surface area contributed by atoms with E-state index in [0.717, 1.165) is 16.1 Å². The predicted octanol–water partition coefficient (Wildman–Crippen LogP) is 5.97. The maximum atomic E-state index is 14.1. The van der Waals surface area contributed by atoms with E-state index in [1.54, 1.807) is 24.3 Å². The molecule has 214 valence electrons. The lowest BCUT2D eigenvalue weighted by atomic mass is 10.0. The Bertz CT molecular complexity index is 1440. The molecule has 0 bridgehead atoms. The van der Waals surface area contributed by atoms with Gasteiger partial charge in [-0.2, -0.15) is 0 Å². The topological polar surface area (TPSA) is 86.8 Å². The van der Waals surface area contributed by atoms with Gasteiger partial charge in [0.25, 0.3) is 0 Å². The Morgan fingerprint density at radius 3 is 2.17 bits per heavy atom. The Balaban J connectivity index is 2.09. The van der Waals surface area contributed by atoms with Crippen molar-refractivity contribution in [3.05, 3.63) is 99.0 Å². The second kappa shape index (κ2) is 14.2. The number of carbonyl (C=O) groups excluding carboxylic acids is 2. The Labute approximate surface area is 251 Å². The molecule has 0 aromatic heterocycles. The van der Waals surface area contributed by atoms with Crippen LogP contribution in [-0.2, 0) is 32.6 Å². The summed E-state index contributed by atoms with van der Waals surface area (Å²) in [4.78, 5) is 29.1. The number of nitrogens with zero attached hydrogens (tertiary/aromatic N) is 2. The fourth-order valence-corrected chi connectivity index (χ4v) is 5.60. The Hall–Kier alpha value is -2.78. The normalized spacial score (nSPS) is 12.8. The molecule has 0 saturated carbocycles. The molecule has 0 heterocycles. The molecule has 0 aliphatic heterocycles. The first-order chi connectivity index (χ1) is 18.9. The molecule has 2 atom stereocenters. The van der Waals surface area contributed by atoms with E-state index in [0.29, 0.717) is 17.0 Å². The fraction of sp³-hybridized carbons (Fsp3) is 0.310. The van der Waals surface area contributed by atoms with Crippen molar-refractivity contribution >= 4 is 62.3 Å². The lowest BCUT2D eigenvalue weighted by molar-refractivity contribution is -0.140. The van der Waals surface area contributed by atoms with Gasteiger partial charge in [-0.15, -0.1) is 0 Å². The number of carbonyl (C=O) groups is 2. The minimum atomic E-state index is -3.97. The molecule has 3 aromatic rings. The molecule has 0 fully saturated rings. The van der Waals surface area contributed by atoms with Crippen molar-refractivity contribution in [2.75, 3.05) is 17.1 Å². The van der Waals surface area contributed by atoms with Gasteiger partial charge in [0, 0.05) is 29.1 Å². The number of hydrogen-bond acceptors (Lipinski definition) is 4. The number of hydrogen-bond donors (Lipinski definition) is 1. The first kappa shape index (κ1) is 31.7. The average Bonchev–Trinajstić information content (AvgIpc) is 2.90. The number of nitrogens with one attached hydrogen (secondary N) is 1. The molecule has 11 heteroatoms. The third-order valence-corrected chi connectivity index (χ3v) is 8.29. The molecule has 0 saturated heterocycles. The molecule has 0 aliphatic carbocycles. The number of anilines is 1. The standard InChI is InChI=1S/C29H32Cl3N3O4S/c1-4-20(2)33-29(37)27(16-21-9-6-5-7-10-21)34(18-22-11-8-12-23(30)15-22)28(36)19-35(40(3,38)39)26-17-24(31)13-14-25(26)32/h5-15,17,20,27H,4,16,18-19H2,1-3H3,(H,33,37)/t20-,27+/m0/s1. The number of rotatable bonds is 12. The minimum absolute atomic E-state index is 0.0195. The van der Waals surface area contributed by atoms with Crippen LogP contribution in [0.5, 0.6) is 0 Å². The highest BCUT2D eigenvalue weighted by Crippen LogP contribution is 2.31. The van der Waals surface area contributed by atoms with Gasteiger partial charge < -0.3 is 10.2 Å². The van der Waals surface area contributed by atoms with Gasteiger partial charge in [0.15, 0.2) is 0 Å². The second-order valence-corrected chi connectivity index (χ2v) is 12.7. The van der Waals surface area contributed by atoms with Crippen LogP contribution in [0.4, 0.5) is 5.69 Å². The summed E-state index contributed by atoms with van der Waals surface area (Å²) in [5.74, 6) is -0.943. The van der Waals surface area contributed by atoms with Crippen LogP contribution in [0.2, 0.25) is 15.1 Å². The van der Waals surface area contributed by atoms with Gasteiger partial charge in [0.2, 0.25) is 21.8 Å². The van der Waals surface area contributed by atoms with E-state index in [1.165, 1.54) is 23.1 Å². The van der Waals surface area contributed by atoms with Gasteiger partial charge in [-0.3, -0.25) is 13.9 Å². The zero-order valence-corrected chi connectivity index (χ0v) is 25.6. The molecule has 40 heavy (non-hydrogen) atoms. The zero-order valence-electron chi connectivity index (χ0n) is 22.5. The summed E-state index contributed by atoms with van der Waals surface area (Å²) in [6.45, 7) is 3.25. The summed E-state index contributed by atoms with van der Waals surface area (Å²) in [6.07, 6.45) is 1.89.